The molecule has 0 radical (unpaired) electrons. The Hall–Kier alpha value is -3.24. The summed E-state index contributed by atoms with van der Waals surface area (Å²) >= 11 is 0. The number of amides is 1. The molecule has 0 fully saturated rings. The van der Waals surface area contributed by atoms with E-state index in [9.17, 15) is 18.4 Å². The van der Waals surface area contributed by atoms with Crippen LogP contribution in [0.4, 0.5) is 8.78 Å². The summed E-state index contributed by atoms with van der Waals surface area (Å²) in [6.45, 7) is 7.73. The lowest BCUT2D eigenvalue weighted by Crippen LogP contribution is -2.40. The molecule has 3 rings (SSSR count). The van der Waals surface area contributed by atoms with Crippen LogP contribution in [0.2, 0.25) is 19.6 Å². The fourth-order valence-corrected chi connectivity index (χ4v) is 5.02. The molecule has 186 valence electrons. The van der Waals surface area contributed by atoms with E-state index in [4.69, 9.17) is 9.15 Å². The van der Waals surface area contributed by atoms with Crippen LogP contribution >= 0.6 is 0 Å². The molecule has 2 aromatic carbocycles. The molecule has 1 N–H and O–H groups in total. The zero-order valence-corrected chi connectivity index (χ0v) is 21.4. The molecular formula is C25H29F2N3O4Si. The summed E-state index contributed by atoms with van der Waals surface area (Å²) in [5.74, 6) is -1.75. The van der Waals surface area contributed by atoms with Gasteiger partial charge in [-0.3, -0.25) is 9.59 Å². The molecule has 0 aliphatic rings. The number of methoxy groups -OCH3 is 1. The number of halogens is 2. The van der Waals surface area contributed by atoms with Crippen molar-refractivity contribution in [2.45, 2.75) is 52.1 Å². The van der Waals surface area contributed by atoms with Crippen molar-refractivity contribution in [1.29, 1.82) is 0 Å². The van der Waals surface area contributed by atoms with Gasteiger partial charge in [-0.15, -0.1) is 10.2 Å². The predicted octanol–water partition coefficient (Wildman–Crippen LogP) is 3.56. The van der Waals surface area contributed by atoms with Crippen LogP contribution < -0.4 is 10.5 Å². The fraction of sp³-hybridized carbons (Fsp3) is 0.360. The standard InChI is InChI=1S/C25H29F2N3O4Si/c1-15-29-30-24(34-15)13-23(32)28-25(17-8-6-16(7-9-17)14-33-2)21(31)11-18-10-20(27)22(12-19(18)26)35(3,4)5/h6-10,12,25H,11,13-14H2,1-5H3,(H,28,32). The van der Waals surface area contributed by atoms with Crippen LogP contribution in [-0.4, -0.2) is 37.1 Å². The van der Waals surface area contributed by atoms with Gasteiger partial charge in [0.05, 0.1) is 14.7 Å². The molecule has 0 saturated heterocycles. The lowest BCUT2D eigenvalue weighted by Gasteiger charge is -2.20. The summed E-state index contributed by atoms with van der Waals surface area (Å²) in [5.41, 5.74) is 1.33. The molecule has 35 heavy (non-hydrogen) atoms. The zero-order chi connectivity index (χ0) is 25.8. The molecule has 0 bridgehead atoms. The monoisotopic (exact) mass is 501 g/mol. The van der Waals surface area contributed by atoms with Gasteiger partial charge in [0.25, 0.3) is 0 Å². The number of aryl methyl sites for hydroxylation is 1. The lowest BCUT2D eigenvalue weighted by atomic mass is 9.96. The highest BCUT2D eigenvalue weighted by Crippen LogP contribution is 2.21. The summed E-state index contributed by atoms with van der Waals surface area (Å²) in [5, 5.41) is 10.5. The Morgan fingerprint density at radius 2 is 1.74 bits per heavy atom. The van der Waals surface area contributed by atoms with Crippen molar-refractivity contribution in [1.82, 2.24) is 15.5 Å². The lowest BCUT2D eigenvalue weighted by molar-refractivity contribution is -0.127. The van der Waals surface area contributed by atoms with Crippen molar-refractivity contribution in [3.8, 4) is 0 Å². The number of carbonyl (C=O) groups excluding carboxylic acids is 2. The Kier molecular flexibility index (Phi) is 8.29. The molecule has 7 nitrogen and oxygen atoms in total. The van der Waals surface area contributed by atoms with E-state index in [1.807, 2.05) is 19.6 Å². The van der Waals surface area contributed by atoms with Crippen LogP contribution in [0, 0.1) is 18.6 Å². The van der Waals surface area contributed by atoms with Crippen molar-refractivity contribution >= 4 is 25.0 Å². The van der Waals surface area contributed by atoms with Crippen LogP contribution in [0.25, 0.3) is 0 Å². The highest BCUT2D eigenvalue weighted by atomic mass is 28.3. The number of rotatable bonds is 10. The highest BCUT2D eigenvalue weighted by molar-refractivity contribution is 6.88. The third kappa shape index (κ3) is 6.89. The minimum Gasteiger partial charge on any atom is -0.425 e. The number of hydrogen-bond acceptors (Lipinski definition) is 6. The van der Waals surface area contributed by atoms with Crippen LogP contribution in [0.1, 0.15) is 34.5 Å². The largest absolute Gasteiger partial charge is 0.425 e. The Morgan fingerprint density at radius 3 is 2.31 bits per heavy atom. The number of nitrogens with one attached hydrogen (secondary N) is 1. The number of Topliss-reactive ketones (excluding diaryl/α,β-unsaturated/α-hetero) is 1. The van der Waals surface area contributed by atoms with E-state index < -0.39 is 37.4 Å². The summed E-state index contributed by atoms with van der Waals surface area (Å²) in [6.07, 6.45) is -0.612. The number of ether oxygens (including phenoxy) is 1. The Balaban J connectivity index is 1.86. The summed E-state index contributed by atoms with van der Waals surface area (Å²) in [6, 6.07) is 8.13. The number of benzene rings is 2. The molecule has 3 aromatic rings. The maximum atomic E-state index is 14.9. The first-order valence-corrected chi connectivity index (χ1v) is 14.6. The first-order chi connectivity index (χ1) is 16.5. The molecule has 0 saturated carbocycles. The molecule has 0 spiro atoms. The van der Waals surface area contributed by atoms with Crippen molar-refractivity contribution in [2.75, 3.05) is 7.11 Å². The Bertz CT molecular complexity index is 1210. The fourth-order valence-electron chi connectivity index (χ4n) is 3.67. The Morgan fingerprint density at radius 1 is 1.06 bits per heavy atom. The second-order valence-electron chi connectivity index (χ2n) is 9.38. The van der Waals surface area contributed by atoms with Gasteiger partial charge >= 0.3 is 0 Å². The molecule has 10 heteroatoms. The minimum atomic E-state index is -2.10. The van der Waals surface area contributed by atoms with E-state index >= 15 is 0 Å². The Labute approximate surface area is 203 Å². The van der Waals surface area contributed by atoms with Gasteiger partial charge in [0, 0.05) is 20.5 Å². The summed E-state index contributed by atoms with van der Waals surface area (Å²) in [4.78, 5) is 26.0. The third-order valence-electron chi connectivity index (χ3n) is 5.44. The number of hydrogen-bond donors (Lipinski definition) is 1. The minimum absolute atomic E-state index is 0.0581. The topological polar surface area (TPSA) is 94.3 Å². The van der Waals surface area contributed by atoms with E-state index in [1.54, 1.807) is 38.3 Å². The predicted molar refractivity (Wildman–Crippen MR) is 129 cm³/mol. The number of nitrogens with zero attached hydrogens (tertiary/aromatic N) is 2. The van der Waals surface area contributed by atoms with Gasteiger partial charge in [-0.2, -0.15) is 0 Å². The number of carbonyl (C=O) groups is 2. The maximum Gasteiger partial charge on any atom is 0.230 e. The van der Waals surface area contributed by atoms with E-state index in [-0.39, 0.29) is 24.3 Å². The number of ketones is 1. The first-order valence-electron chi connectivity index (χ1n) is 11.1. The van der Waals surface area contributed by atoms with Crippen molar-refractivity contribution in [3.05, 3.63) is 76.5 Å². The van der Waals surface area contributed by atoms with Gasteiger partial charge in [-0.1, -0.05) is 43.9 Å². The second kappa shape index (κ2) is 11.0. The smallest absolute Gasteiger partial charge is 0.230 e. The molecule has 1 aromatic heterocycles. The molecule has 1 unspecified atom stereocenters. The third-order valence-corrected chi connectivity index (χ3v) is 7.44. The summed E-state index contributed by atoms with van der Waals surface area (Å²) < 4.78 is 39.9. The molecule has 1 atom stereocenters. The van der Waals surface area contributed by atoms with E-state index in [2.05, 4.69) is 15.5 Å². The van der Waals surface area contributed by atoms with E-state index in [0.29, 0.717) is 23.2 Å². The van der Waals surface area contributed by atoms with Gasteiger partial charge in [0.2, 0.25) is 17.7 Å². The number of aromatic nitrogens is 2. The van der Waals surface area contributed by atoms with Crippen molar-refractivity contribution in [2.24, 2.45) is 0 Å². The van der Waals surface area contributed by atoms with Gasteiger partial charge in [0.1, 0.15) is 24.1 Å². The highest BCUT2D eigenvalue weighted by Gasteiger charge is 2.27. The van der Waals surface area contributed by atoms with Crippen LogP contribution in [0.5, 0.6) is 0 Å². The molecular weight excluding hydrogens is 472 g/mol. The molecule has 1 heterocycles. The van der Waals surface area contributed by atoms with E-state index in [1.165, 1.54) is 6.07 Å². The van der Waals surface area contributed by atoms with E-state index in [0.717, 1.165) is 11.6 Å². The second-order valence-corrected chi connectivity index (χ2v) is 14.4. The zero-order valence-electron chi connectivity index (χ0n) is 20.4. The van der Waals surface area contributed by atoms with Gasteiger partial charge in [-0.05, 0) is 34.0 Å². The summed E-state index contributed by atoms with van der Waals surface area (Å²) in [7, 11) is -0.533. The average Bonchev–Trinajstić information content (AvgIpc) is 3.18. The average molecular weight is 502 g/mol. The van der Waals surface area contributed by atoms with Gasteiger partial charge in [0.15, 0.2) is 5.78 Å². The van der Waals surface area contributed by atoms with Crippen LogP contribution in [0.3, 0.4) is 0 Å². The van der Waals surface area contributed by atoms with Crippen LogP contribution in [0.15, 0.2) is 40.8 Å². The van der Waals surface area contributed by atoms with Crippen LogP contribution in [-0.2, 0) is 33.8 Å². The van der Waals surface area contributed by atoms with Crippen molar-refractivity contribution in [3.63, 3.8) is 0 Å². The van der Waals surface area contributed by atoms with Crippen molar-refractivity contribution < 1.29 is 27.5 Å². The SMILES string of the molecule is COCc1ccc(C(NC(=O)Cc2nnc(C)o2)C(=O)Cc2cc(F)c([Si](C)(C)C)cc2F)cc1. The first kappa shape index (κ1) is 26.4. The molecule has 0 aliphatic heterocycles. The van der Waals surface area contributed by atoms with Gasteiger partial charge < -0.3 is 14.5 Å². The molecule has 0 aliphatic carbocycles. The normalized spacial score (nSPS) is 12.4. The molecule has 1 amide bonds. The quantitative estimate of drug-likeness (QED) is 0.427. The van der Waals surface area contributed by atoms with Gasteiger partial charge in [-0.25, -0.2) is 8.78 Å². The maximum absolute atomic E-state index is 14.9.